The quantitative estimate of drug-likeness (QED) is 0.658. The molecular weight excluding hydrogens is 384 g/mol. The number of aromatic nitrogens is 1. The summed E-state index contributed by atoms with van der Waals surface area (Å²) in [5, 5.41) is 0.536. The number of fused-ring (bicyclic) bond motifs is 1. The van der Waals surface area contributed by atoms with E-state index < -0.39 is 0 Å². The van der Waals surface area contributed by atoms with Crippen LogP contribution in [0, 0.1) is 0 Å². The number of ether oxygens (including phenoxy) is 1. The molecule has 5 nitrogen and oxygen atoms in total. The summed E-state index contributed by atoms with van der Waals surface area (Å²) in [7, 11) is 3.29. The number of thiazole rings is 1. The maximum atomic E-state index is 13.1. The number of nitrogens with zero attached hydrogens (tertiary/aromatic N) is 2. The Balaban J connectivity index is 1.93. The second-order valence-electron chi connectivity index (χ2n) is 6.32. The summed E-state index contributed by atoms with van der Waals surface area (Å²) in [6.07, 6.45) is 0.250. The molecule has 0 spiro atoms. The summed E-state index contributed by atoms with van der Waals surface area (Å²) in [6, 6.07) is 14.7. The van der Waals surface area contributed by atoms with Gasteiger partial charge in [0.25, 0.3) is 0 Å². The Kier molecular flexibility index (Phi) is 4.53. The highest BCUT2D eigenvalue weighted by Crippen LogP contribution is 2.46. The van der Waals surface area contributed by atoms with Crippen molar-refractivity contribution in [2.24, 2.45) is 7.05 Å². The molecule has 7 heteroatoms. The number of benzene rings is 2. The first kappa shape index (κ1) is 17.8. The van der Waals surface area contributed by atoms with Gasteiger partial charge >= 0.3 is 4.87 Å². The van der Waals surface area contributed by atoms with Crippen molar-refractivity contribution in [3.05, 3.63) is 73.7 Å². The average Bonchev–Trinajstić information content (AvgIpc) is 2.96. The van der Waals surface area contributed by atoms with Crippen LogP contribution < -0.4 is 14.5 Å². The number of halogens is 1. The Morgan fingerprint density at radius 3 is 2.67 bits per heavy atom. The van der Waals surface area contributed by atoms with E-state index in [1.807, 2.05) is 30.3 Å². The minimum absolute atomic E-state index is 0.0888. The van der Waals surface area contributed by atoms with Gasteiger partial charge in [-0.3, -0.25) is 19.1 Å². The normalized spacial score (nSPS) is 16.3. The van der Waals surface area contributed by atoms with Crippen LogP contribution in [-0.4, -0.2) is 17.6 Å². The smallest absolute Gasteiger partial charge is 0.308 e. The zero-order valence-corrected chi connectivity index (χ0v) is 16.4. The van der Waals surface area contributed by atoms with Gasteiger partial charge in [0.2, 0.25) is 5.91 Å². The van der Waals surface area contributed by atoms with E-state index in [1.165, 1.54) is 15.9 Å². The van der Waals surface area contributed by atoms with E-state index >= 15 is 0 Å². The van der Waals surface area contributed by atoms with Gasteiger partial charge in [0, 0.05) is 30.0 Å². The first-order valence-corrected chi connectivity index (χ1v) is 9.62. The van der Waals surface area contributed by atoms with Gasteiger partial charge in [-0.15, -0.1) is 0 Å². The number of carbonyl (C=O) groups is 1. The van der Waals surface area contributed by atoms with E-state index in [9.17, 15) is 9.59 Å². The molecule has 27 heavy (non-hydrogen) atoms. The standard InChI is InChI=1S/C20H17ClN2O3S/c1-22-19-18(27-20(22)25)15(14-8-3-4-9-16(14)26-2)11-17(24)23(19)13-7-5-6-12(21)10-13/h3-10,15H,11H2,1-2H3. The topological polar surface area (TPSA) is 51.5 Å². The van der Waals surface area contributed by atoms with Crippen LogP contribution in [0.3, 0.4) is 0 Å². The summed E-state index contributed by atoms with van der Waals surface area (Å²) in [6.45, 7) is 0. The van der Waals surface area contributed by atoms with E-state index in [0.29, 0.717) is 22.3 Å². The van der Waals surface area contributed by atoms with Crippen molar-refractivity contribution in [1.82, 2.24) is 4.57 Å². The molecule has 1 amide bonds. The van der Waals surface area contributed by atoms with Crippen LogP contribution in [0.2, 0.25) is 5.02 Å². The summed E-state index contributed by atoms with van der Waals surface area (Å²) >= 11 is 7.30. The van der Waals surface area contributed by atoms with Gasteiger partial charge in [0.1, 0.15) is 11.6 Å². The molecule has 0 aliphatic carbocycles. The Labute approximate surface area is 165 Å². The molecular formula is C20H17ClN2O3S. The van der Waals surface area contributed by atoms with Gasteiger partial charge in [0.15, 0.2) is 0 Å². The lowest BCUT2D eigenvalue weighted by Gasteiger charge is -2.32. The highest BCUT2D eigenvalue weighted by atomic mass is 35.5. The molecule has 4 rings (SSSR count). The first-order chi connectivity index (χ1) is 13.0. The van der Waals surface area contributed by atoms with Gasteiger partial charge in [-0.2, -0.15) is 0 Å². The third kappa shape index (κ3) is 2.95. The lowest BCUT2D eigenvalue weighted by atomic mass is 9.89. The molecule has 0 bridgehead atoms. The van der Waals surface area contributed by atoms with Crippen LogP contribution in [0.5, 0.6) is 5.75 Å². The fourth-order valence-electron chi connectivity index (χ4n) is 3.51. The van der Waals surface area contributed by atoms with Crippen molar-refractivity contribution in [3.63, 3.8) is 0 Å². The molecule has 1 unspecified atom stereocenters. The maximum Gasteiger partial charge on any atom is 0.308 e. The van der Waals surface area contributed by atoms with E-state index in [0.717, 1.165) is 10.4 Å². The van der Waals surface area contributed by atoms with Gasteiger partial charge in [0.05, 0.1) is 17.7 Å². The van der Waals surface area contributed by atoms with Gasteiger partial charge in [-0.25, -0.2) is 0 Å². The fraction of sp³-hybridized carbons (Fsp3) is 0.200. The molecule has 1 aliphatic rings. The summed E-state index contributed by atoms with van der Waals surface area (Å²) in [5.74, 6) is 0.993. The maximum absolute atomic E-state index is 13.1. The lowest BCUT2D eigenvalue weighted by Crippen LogP contribution is -2.34. The Morgan fingerprint density at radius 2 is 1.93 bits per heavy atom. The van der Waals surface area contributed by atoms with Crippen LogP contribution in [0.1, 0.15) is 22.8 Å². The van der Waals surface area contributed by atoms with Crippen molar-refractivity contribution in [2.75, 3.05) is 12.0 Å². The molecule has 0 saturated heterocycles. The number of carbonyl (C=O) groups excluding carboxylic acids is 1. The number of para-hydroxylation sites is 1. The molecule has 3 aromatic rings. The Bertz CT molecular complexity index is 1090. The first-order valence-electron chi connectivity index (χ1n) is 8.42. The molecule has 138 valence electrons. The Hall–Kier alpha value is -2.57. The van der Waals surface area contributed by atoms with Crippen molar-refractivity contribution in [1.29, 1.82) is 0 Å². The molecule has 2 aromatic carbocycles. The molecule has 2 heterocycles. The molecule has 1 aromatic heterocycles. The number of anilines is 2. The van der Waals surface area contributed by atoms with E-state index in [4.69, 9.17) is 16.3 Å². The summed E-state index contributed by atoms with van der Waals surface area (Å²) in [4.78, 5) is 28.0. The minimum Gasteiger partial charge on any atom is -0.496 e. The second-order valence-corrected chi connectivity index (χ2v) is 7.75. The van der Waals surface area contributed by atoms with Crippen LogP contribution in [0.4, 0.5) is 11.5 Å². The molecule has 0 radical (unpaired) electrons. The zero-order valence-electron chi connectivity index (χ0n) is 14.8. The third-order valence-corrected chi connectivity index (χ3v) is 6.12. The minimum atomic E-state index is -0.224. The number of amides is 1. The average molecular weight is 401 g/mol. The second kappa shape index (κ2) is 6.87. The molecule has 0 fully saturated rings. The molecule has 0 saturated carbocycles. The van der Waals surface area contributed by atoms with Crippen LogP contribution in [0.15, 0.2) is 53.3 Å². The van der Waals surface area contributed by atoms with Crippen LogP contribution in [0.25, 0.3) is 0 Å². The van der Waals surface area contributed by atoms with Crippen molar-refractivity contribution in [3.8, 4) is 5.75 Å². The summed E-state index contributed by atoms with van der Waals surface area (Å²) < 4.78 is 7.02. The van der Waals surface area contributed by atoms with Crippen molar-refractivity contribution in [2.45, 2.75) is 12.3 Å². The molecule has 1 aliphatic heterocycles. The van der Waals surface area contributed by atoms with E-state index in [-0.39, 0.29) is 23.1 Å². The molecule has 1 atom stereocenters. The number of hydrogen-bond acceptors (Lipinski definition) is 4. The van der Waals surface area contributed by atoms with Crippen molar-refractivity contribution < 1.29 is 9.53 Å². The predicted octanol–water partition coefficient (Wildman–Crippen LogP) is 4.31. The Morgan fingerprint density at radius 1 is 1.15 bits per heavy atom. The van der Waals surface area contributed by atoms with Gasteiger partial charge < -0.3 is 4.74 Å². The predicted molar refractivity (Wildman–Crippen MR) is 108 cm³/mol. The highest BCUT2D eigenvalue weighted by Gasteiger charge is 2.38. The lowest BCUT2D eigenvalue weighted by molar-refractivity contribution is -0.118. The number of methoxy groups -OCH3 is 1. The highest BCUT2D eigenvalue weighted by molar-refractivity contribution is 7.10. The third-order valence-electron chi connectivity index (χ3n) is 4.75. The number of rotatable bonds is 3. The monoisotopic (exact) mass is 400 g/mol. The zero-order chi connectivity index (χ0) is 19.1. The van der Waals surface area contributed by atoms with Gasteiger partial charge in [-0.05, 0) is 24.3 Å². The van der Waals surface area contributed by atoms with Crippen molar-refractivity contribution >= 4 is 40.4 Å². The van der Waals surface area contributed by atoms with E-state index in [2.05, 4.69) is 0 Å². The van der Waals surface area contributed by atoms with E-state index in [1.54, 1.807) is 37.3 Å². The summed E-state index contributed by atoms with van der Waals surface area (Å²) in [5.41, 5.74) is 1.56. The fourth-order valence-corrected chi connectivity index (χ4v) is 4.78. The van der Waals surface area contributed by atoms with Crippen LogP contribution in [-0.2, 0) is 11.8 Å². The molecule has 0 N–H and O–H groups in total. The van der Waals surface area contributed by atoms with Gasteiger partial charge in [-0.1, -0.05) is 47.2 Å². The van der Waals surface area contributed by atoms with Crippen LogP contribution >= 0.6 is 22.9 Å². The number of hydrogen-bond donors (Lipinski definition) is 0. The largest absolute Gasteiger partial charge is 0.496 e. The SMILES string of the molecule is COc1ccccc1C1CC(=O)N(c2cccc(Cl)c2)c2c1sc(=O)n2C.